The first-order chi connectivity index (χ1) is 10.1. The van der Waals surface area contributed by atoms with Crippen molar-refractivity contribution < 1.29 is 14.7 Å². The Morgan fingerprint density at radius 3 is 2.23 bits per heavy atom. The highest BCUT2D eigenvalue weighted by molar-refractivity contribution is 5.87. The van der Waals surface area contributed by atoms with E-state index >= 15 is 0 Å². The zero-order chi connectivity index (χ0) is 17.3. The lowest BCUT2D eigenvalue weighted by atomic mass is 9.90. The lowest BCUT2D eigenvalue weighted by Gasteiger charge is -2.32. The molecule has 1 atom stereocenters. The van der Waals surface area contributed by atoms with Gasteiger partial charge in [0.05, 0.1) is 5.41 Å². The molecule has 0 aliphatic heterocycles. The van der Waals surface area contributed by atoms with Crippen molar-refractivity contribution in [2.45, 2.75) is 66.8 Å². The molecule has 1 unspecified atom stereocenters. The molecule has 0 heterocycles. The summed E-state index contributed by atoms with van der Waals surface area (Å²) in [7, 11) is 0. The highest BCUT2D eigenvalue weighted by Crippen LogP contribution is 2.19. The van der Waals surface area contributed by atoms with Gasteiger partial charge in [-0.2, -0.15) is 0 Å². The van der Waals surface area contributed by atoms with E-state index in [1.54, 1.807) is 0 Å². The molecule has 22 heavy (non-hydrogen) atoms. The molecule has 0 spiro atoms. The van der Waals surface area contributed by atoms with Crippen molar-refractivity contribution in [1.82, 2.24) is 10.2 Å². The number of carboxylic acids is 1. The third-order valence-electron chi connectivity index (χ3n) is 3.82. The van der Waals surface area contributed by atoms with Gasteiger partial charge in [0.1, 0.15) is 6.04 Å². The molecule has 5 nitrogen and oxygen atoms in total. The van der Waals surface area contributed by atoms with Crippen LogP contribution in [-0.2, 0) is 9.59 Å². The summed E-state index contributed by atoms with van der Waals surface area (Å²) in [5.41, 5.74) is -0.603. The van der Waals surface area contributed by atoms with Gasteiger partial charge in [0, 0.05) is 6.54 Å². The average Bonchev–Trinajstić information content (AvgIpc) is 2.41. The summed E-state index contributed by atoms with van der Waals surface area (Å²) in [6.45, 7) is 14.4. The molecule has 0 aliphatic carbocycles. The van der Waals surface area contributed by atoms with E-state index in [1.807, 2.05) is 27.7 Å². The van der Waals surface area contributed by atoms with Crippen LogP contribution in [0.5, 0.6) is 0 Å². The second-order valence-corrected chi connectivity index (χ2v) is 7.10. The second kappa shape index (κ2) is 9.82. The Kier molecular flexibility index (Phi) is 9.33. The summed E-state index contributed by atoms with van der Waals surface area (Å²) in [6, 6.07) is -0.808. The van der Waals surface area contributed by atoms with E-state index in [-0.39, 0.29) is 11.8 Å². The summed E-state index contributed by atoms with van der Waals surface area (Å²) in [6.07, 6.45) is 2.68. The van der Waals surface area contributed by atoms with E-state index in [9.17, 15) is 14.7 Å². The summed E-state index contributed by atoms with van der Waals surface area (Å²) in [4.78, 5) is 26.0. The van der Waals surface area contributed by atoms with E-state index in [0.29, 0.717) is 13.0 Å². The molecule has 0 aromatic rings. The molecule has 2 N–H and O–H groups in total. The normalized spacial score (nSPS) is 13.5. The number of amides is 1. The number of unbranched alkanes of at least 4 members (excludes halogenated alkanes) is 1. The van der Waals surface area contributed by atoms with Crippen LogP contribution in [0.4, 0.5) is 0 Å². The highest BCUT2D eigenvalue weighted by atomic mass is 16.4. The molecule has 0 saturated heterocycles. The number of nitrogens with one attached hydrogen (secondary N) is 1. The standard InChI is InChI=1S/C17H34N2O3/c1-7-9-10-19(8-2)12-17(5,6)16(22)18-14(15(20)21)11-13(3)4/h13-14H,7-12H2,1-6H3,(H,18,22)(H,20,21). The topological polar surface area (TPSA) is 69.6 Å². The van der Waals surface area contributed by atoms with Gasteiger partial charge < -0.3 is 15.3 Å². The van der Waals surface area contributed by atoms with Gasteiger partial charge in [0.15, 0.2) is 0 Å². The minimum absolute atomic E-state index is 0.185. The molecule has 0 bridgehead atoms. The monoisotopic (exact) mass is 314 g/mol. The molecule has 1 amide bonds. The maximum absolute atomic E-state index is 12.5. The first-order valence-corrected chi connectivity index (χ1v) is 8.40. The Hall–Kier alpha value is -1.10. The van der Waals surface area contributed by atoms with Crippen LogP contribution in [0.3, 0.4) is 0 Å². The molecular weight excluding hydrogens is 280 g/mol. The van der Waals surface area contributed by atoms with Gasteiger partial charge in [-0.3, -0.25) is 4.79 Å². The number of carboxylic acid groups (broad SMARTS) is 1. The molecular formula is C17H34N2O3. The molecule has 0 saturated carbocycles. The van der Waals surface area contributed by atoms with Crippen LogP contribution in [0, 0.1) is 11.3 Å². The van der Waals surface area contributed by atoms with Crippen LogP contribution in [0.1, 0.15) is 60.8 Å². The van der Waals surface area contributed by atoms with Gasteiger partial charge in [-0.1, -0.05) is 34.1 Å². The Morgan fingerprint density at radius 1 is 1.23 bits per heavy atom. The van der Waals surface area contributed by atoms with Crippen LogP contribution >= 0.6 is 0 Å². The van der Waals surface area contributed by atoms with Crippen LogP contribution < -0.4 is 5.32 Å². The number of nitrogens with zero attached hydrogens (tertiary/aromatic N) is 1. The lowest BCUT2D eigenvalue weighted by Crippen LogP contribution is -2.50. The third kappa shape index (κ3) is 7.78. The van der Waals surface area contributed by atoms with E-state index in [1.165, 1.54) is 0 Å². The average molecular weight is 314 g/mol. The fourth-order valence-electron chi connectivity index (χ4n) is 2.41. The van der Waals surface area contributed by atoms with Gasteiger partial charge in [-0.15, -0.1) is 0 Å². The van der Waals surface area contributed by atoms with Gasteiger partial charge >= 0.3 is 5.97 Å². The fourth-order valence-corrected chi connectivity index (χ4v) is 2.41. The minimum atomic E-state index is -0.962. The Bertz CT molecular complexity index is 354. The van der Waals surface area contributed by atoms with Crippen LogP contribution in [0.15, 0.2) is 0 Å². The SMILES string of the molecule is CCCCN(CC)CC(C)(C)C(=O)NC(CC(C)C)C(=O)O. The number of aliphatic carboxylic acids is 1. The van der Waals surface area contributed by atoms with E-state index in [0.717, 1.165) is 25.9 Å². The smallest absolute Gasteiger partial charge is 0.326 e. The number of hydrogen-bond acceptors (Lipinski definition) is 3. The van der Waals surface area contributed by atoms with Crippen LogP contribution in [-0.4, -0.2) is 47.6 Å². The zero-order valence-electron chi connectivity index (χ0n) is 15.1. The first-order valence-electron chi connectivity index (χ1n) is 8.40. The van der Waals surface area contributed by atoms with Crippen molar-refractivity contribution in [2.24, 2.45) is 11.3 Å². The Labute approximate surface area is 135 Å². The van der Waals surface area contributed by atoms with Gasteiger partial charge in [0.25, 0.3) is 0 Å². The number of hydrogen-bond donors (Lipinski definition) is 2. The summed E-state index contributed by atoms with van der Waals surface area (Å²) in [5.74, 6) is -0.923. The molecule has 0 rings (SSSR count). The van der Waals surface area contributed by atoms with Crippen LogP contribution in [0.2, 0.25) is 0 Å². The van der Waals surface area contributed by atoms with Crippen molar-refractivity contribution >= 4 is 11.9 Å². The van der Waals surface area contributed by atoms with E-state index in [4.69, 9.17) is 0 Å². The zero-order valence-corrected chi connectivity index (χ0v) is 15.1. The number of carbonyl (C=O) groups is 2. The predicted octanol–water partition coefficient (Wildman–Crippen LogP) is 2.75. The van der Waals surface area contributed by atoms with Crippen molar-refractivity contribution in [2.75, 3.05) is 19.6 Å². The summed E-state index contributed by atoms with van der Waals surface area (Å²) in [5, 5.41) is 12.0. The molecule has 130 valence electrons. The Morgan fingerprint density at radius 2 is 1.82 bits per heavy atom. The number of carbonyl (C=O) groups excluding carboxylic acids is 1. The Balaban J connectivity index is 4.73. The lowest BCUT2D eigenvalue weighted by molar-refractivity contribution is -0.144. The molecule has 0 aromatic heterocycles. The largest absolute Gasteiger partial charge is 0.480 e. The van der Waals surface area contributed by atoms with Gasteiger partial charge in [-0.05, 0) is 45.7 Å². The molecule has 5 heteroatoms. The van der Waals surface area contributed by atoms with Crippen molar-refractivity contribution in [3.63, 3.8) is 0 Å². The fraction of sp³-hybridized carbons (Fsp3) is 0.882. The molecule has 0 aliphatic rings. The van der Waals surface area contributed by atoms with Crippen molar-refractivity contribution in [3.05, 3.63) is 0 Å². The summed E-state index contributed by atoms with van der Waals surface area (Å²) < 4.78 is 0. The quantitative estimate of drug-likeness (QED) is 0.615. The summed E-state index contributed by atoms with van der Waals surface area (Å²) >= 11 is 0. The van der Waals surface area contributed by atoms with E-state index < -0.39 is 17.4 Å². The maximum atomic E-state index is 12.5. The predicted molar refractivity (Wildman–Crippen MR) is 89.8 cm³/mol. The molecule has 0 radical (unpaired) electrons. The second-order valence-electron chi connectivity index (χ2n) is 7.10. The first kappa shape index (κ1) is 20.9. The number of rotatable bonds is 11. The van der Waals surface area contributed by atoms with Crippen molar-refractivity contribution in [1.29, 1.82) is 0 Å². The highest BCUT2D eigenvalue weighted by Gasteiger charge is 2.32. The van der Waals surface area contributed by atoms with Gasteiger partial charge in [0.2, 0.25) is 5.91 Å². The van der Waals surface area contributed by atoms with E-state index in [2.05, 4.69) is 24.1 Å². The van der Waals surface area contributed by atoms with Crippen LogP contribution in [0.25, 0.3) is 0 Å². The third-order valence-corrected chi connectivity index (χ3v) is 3.82. The minimum Gasteiger partial charge on any atom is -0.480 e. The van der Waals surface area contributed by atoms with Crippen molar-refractivity contribution in [3.8, 4) is 0 Å². The molecule has 0 fully saturated rings. The maximum Gasteiger partial charge on any atom is 0.326 e. The molecule has 0 aromatic carbocycles. The van der Waals surface area contributed by atoms with Gasteiger partial charge in [-0.25, -0.2) is 4.79 Å².